The number of ether oxygens (including phenoxy) is 1. The minimum Gasteiger partial charge on any atom is -0.426 e. The van der Waals surface area contributed by atoms with Crippen LogP contribution in [0.15, 0.2) is 0 Å². The molecule has 1 aliphatic heterocycles. The maximum Gasteiger partial charge on any atom is 0.434 e. The maximum atomic E-state index is 12.4. The summed E-state index contributed by atoms with van der Waals surface area (Å²) in [5.74, 6) is 0.196. The Morgan fingerprint density at radius 3 is 2.27 bits per heavy atom. The van der Waals surface area contributed by atoms with Gasteiger partial charge in [0.2, 0.25) is 0 Å². The van der Waals surface area contributed by atoms with Crippen LogP contribution in [0, 0.1) is 5.92 Å². The Kier molecular flexibility index (Phi) is 6.59. The summed E-state index contributed by atoms with van der Waals surface area (Å²) in [5.41, 5.74) is 0. The molecule has 0 saturated carbocycles. The van der Waals surface area contributed by atoms with Gasteiger partial charge in [-0.2, -0.15) is 26.3 Å². The summed E-state index contributed by atoms with van der Waals surface area (Å²) in [4.78, 5) is 12.5. The molecular weight excluding hydrogens is 433 g/mol. The third-order valence-electron chi connectivity index (χ3n) is 3.49. The van der Waals surface area contributed by atoms with Crippen molar-refractivity contribution in [3.63, 3.8) is 0 Å². The van der Waals surface area contributed by atoms with Crippen molar-refractivity contribution in [1.29, 1.82) is 0 Å². The van der Waals surface area contributed by atoms with Gasteiger partial charge in [0.15, 0.2) is 0 Å². The highest BCUT2D eigenvalue weighted by molar-refractivity contribution is 14.1. The number of alkyl halides is 6. The molecule has 1 heterocycles. The molecule has 0 bridgehead atoms. The van der Waals surface area contributed by atoms with Crippen LogP contribution in [-0.4, -0.2) is 48.6 Å². The van der Waals surface area contributed by atoms with Crippen molar-refractivity contribution in [3.8, 4) is 0 Å². The van der Waals surface area contributed by atoms with E-state index < -0.39 is 24.5 Å². The summed E-state index contributed by atoms with van der Waals surface area (Å²) in [7, 11) is 0. The first kappa shape index (κ1) is 19.6. The van der Waals surface area contributed by atoms with Gasteiger partial charge in [-0.25, -0.2) is 4.79 Å². The van der Waals surface area contributed by atoms with Crippen LogP contribution in [0.5, 0.6) is 0 Å². The highest BCUT2D eigenvalue weighted by Crippen LogP contribution is 2.36. The van der Waals surface area contributed by atoms with Crippen molar-refractivity contribution < 1.29 is 35.9 Å². The molecular formula is C11H15F6IN2O2. The number of hydrogen-bond donors (Lipinski definition) is 1. The fourth-order valence-electron chi connectivity index (χ4n) is 2.27. The zero-order valence-corrected chi connectivity index (χ0v) is 13.6. The molecule has 1 saturated heterocycles. The maximum absolute atomic E-state index is 12.4. The van der Waals surface area contributed by atoms with E-state index in [0.717, 1.165) is 11.3 Å². The third kappa shape index (κ3) is 5.03. The molecule has 0 aliphatic carbocycles. The van der Waals surface area contributed by atoms with E-state index in [-0.39, 0.29) is 25.0 Å². The minimum absolute atomic E-state index is 0.00269. The second kappa shape index (κ2) is 7.41. The van der Waals surface area contributed by atoms with Crippen LogP contribution in [0.3, 0.4) is 0 Å². The summed E-state index contributed by atoms with van der Waals surface area (Å²) >= 11 is 1.84. The average molecular weight is 448 g/mol. The fraction of sp³-hybridized carbons (Fsp3) is 0.909. The summed E-state index contributed by atoms with van der Waals surface area (Å²) in [6.07, 6.45) is -15.8. The van der Waals surface area contributed by atoms with E-state index in [1.807, 2.05) is 29.8 Å². The van der Waals surface area contributed by atoms with Crippen molar-refractivity contribution in [2.45, 2.75) is 44.3 Å². The molecule has 0 radical (unpaired) electrons. The summed E-state index contributed by atoms with van der Waals surface area (Å²) in [6, 6.07) is -0.206. The third-order valence-corrected chi connectivity index (χ3v) is 4.29. The van der Waals surface area contributed by atoms with E-state index in [1.165, 1.54) is 0 Å². The molecule has 1 aliphatic rings. The van der Waals surface area contributed by atoms with Crippen LogP contribution in [0.1, 0.15) is 19.8 Å². The number of nitrogens with one attached hydrogen (secondary N) is 1. The minimum atomic E-state index is -5.70. The molecule has 2 atom stereocenters. The Morgan fingerprint density at radius 2 is 1.86 bits per heavy atom. The molecule has 0 aromatic carbocycles. The molecule has 1 rings (SSSR count). The highest BCUT2D eigenvalue weighted by atomic mass is 127. The molecule has 1 fully saturated rings. The number of carbonyl (C=O) groups excluding carboxylic acids is 1. The smallest absolute Gasteiger partial charge is 0.426 e. The lowest BCUT2D eigenvalue weighted by Gasteiger charge is -2.37. The van der Waals surface area contributed by atoms with Crippen LogP contribution >= 0.6 is 22.9 Å². The van der Waals surface area contributed by atoms with Gasteiger partial charge in [0.05, 0.1) is 0 Å². The number of amides is 1. The van der Waals surface area contributed by atoms with Crippen LogP contribution in [0.4, 0.5) is 31.1 Å². The van der Waals surface area contributed by atoms with Gasteiger partial charge in [0.25, 0.3) is 6.10 Å². The second-order valence-electron chi connectivity index (χ2n) is 4.97. The van der Waals surface area contributed by atoms with E-state index in [4.69, 9.17) is 0 Å². The number of nitrogens with zero attached hydrogens (tertiary/aromatic N) is 1. The summed E-state index contributed by atoms with van der Waals surface area (Å²) in [5, 5.41) is 0. The zero-order valence-electron chi connectivity index (χ0n) is 11.5. The predicted molar refractivity (Wildman–Crippen MR) is 73.3 cm³/mol. The van der Waals surface area contributed by atoms with E-state index in [9.17, 15) is 31.1 Å². The fourth-order valence-corrected chi connectivity index (χ4v) is 2.98. The van der Waals surface area contributed by atoms with Crippen LogP contribution < -0.4 is 3.53 Å². The van der Waals surface area contributed by atoms with Gasteiger partial charge in [0.1, 0.15) is 0 Å². The first-order valence-electron chi connectivity index (χ1n) is 6.45. The van der Waals surface area contributed by atoms with Crippen molar-refractivity contribution >= 4 is 29.0 Å². The Balaban J connectivity index is 2.75. The number of piperidine rings is 1. The van der Waals surface area contributed by atoms with E-state index in [0.29, 0.717) is 6.42 Å². The molecule has 1 amide bonds. The van der Waals surface area contributed by atoms with E-state index >= 15 is 0 Å². The number of likely N-dealkylation sites (tertiary alicyclic amines) is 1. The lowest BCUT2D eigenvalue weighted by atomic mass is 9.90. The number of carbonyl (C=O) groups is 1. The second-order valence-corrected chi connectivity index (χ2v) is 5.59. The van der Waals surface area contributed by atoms with Gasteiger partial charge in [-0.05, 0) is 12.3 Å². The normalized spacial score (nSPS) is 23.8. The Morgan fingerprint density at radius 1 is 1.32 bits per heavy atom. The van der Waals surface area contributed by atoms with Crippen LogP contribution in [0.25, 0.3) is 0 Å². The molecule has 0 spiro atoms. The number of hydrogen-bond acceptors (Lipinski definition) is 3. The van der Waals surface area contributed by atoms with Gasteiger partial charge < -0.3 is 9.64 Å². The summed E-state index contributed by atoms with van der Waals surface area (Å²) < 4.78 is 80.8. The highest BCUT2D eigenvalue weighted by Gasteiger charge is 2.60. The largest absolute Gasteiger partial charge is 0.434 e. The number of halogens is 7. The Labute approximate surface area is 137 Å². The van der Waals surface area contributed by atoms with Crippen molar-refractivity contribution in [2.24, 2.45) is 5.92 Å². The lowest BCUT2D eigenvalue weighted by molar-refractivity contribution is -0.308. The molecule has 1 N–H and O–H groups in total. The SMILES string of the molecule is CC[C@@H]1CCN(C(=O)OC(C(F)(F)F)C(F)(F)F)CC1NI. The Bertz CT molecular complexity index is 376. The van der Waals surface area contributed by atoms with Gasteiger partial charge >= 0.3 is 18.4 Å². The van der Waals surface area contributed by atoms with Crippen molar-refractivity contribution in [2.75, 3.05) is 13.1 Å². The zero-order chi connectivity index (χ0) is 17.1. The lowest BCUT2D eigenvalue weighted by Crippen LogP contribution is -2.53. The summed E-state index contributed by atoms with van der Waals surface area (Å²) in [6.45, 7) is 1.99. The van der Waals surface area contributed by atoms with Crippen LogP contribution in [-0.2, 0) is 4.74 Å². The molecule has 0 aromatic rings. The number of rotatable bonds is 3. The molecule has 1 unspecified atom stereocenters. The van der Waals surface area contributed by atoms with Crippen molar-refractivity contribution in [1.82, 2.24) is 8.43 Å². The molecule has 22 heavy (non-hydrogen) atoms. The average Bonchev–Trinajstić information content (AvgIpc) is 2.41. The standard InChI is InChI=1S/C11H15F6IN2O2/c1-2-6-3-4-20(5-7(6)19-18)9(21)22-8(10(12,13)14)11(15,16)17/h6-8,19H,2-5H2,1H3/t6-,7?/m1/s1. The topological polar surface area (TPSA) is 41.6 Å². The predicted octanol–water partition coefficient (Wildman–Crippen LogP) is 3.66. The van der Waals surface area contributed by atoms with Gasteiger partial charge in [0, 0.05) is 42.0 Å². The van der Waals surface area contributed by atoms with Gasteiger partial charge in [-0.15, -0.1) is 0 Å². The van der Waals surface area contributed by atoms with Crippen molar-refractivity contribution in [3.05, 3.63) is 0 Å². The first-order valence-corrected chi connectivity index (χ1v) is 7.53. The Hall–Kier alpha value is -0.460. The molecule has 0 aromatic heterocycles. The molecule has 11 heteroatoms. The van der Waals surface area contributed by atoms with Crippen LogP contribution in [0.2, 0.25) is 0 Å². The van der Waals surface area contributed by atoms with Gasteiger partial charge in [-0.1, -0.05) is 13.3 Å². The molecule has 4 nitrogen and oxygen atoms in total. The van der Waals surface area contributed by atoms with Gasteiger partial charge in [-0.3, -0.25) is 3.53 Å². The quantitative estimate of drug-likeness (QED) is 0.407. The van der Waals surface area contributed by atoms with E-state index in [1.54, 1.807) is 0 Å². The first-order chi connectivity index (χ1) is 10.0. The molecule has 130 valence electrons. The van der Waals surface area contributed by atoms with E-state index in [2.05, 4.69) is 8.27 Å². The monoisotopic (exact) mass is 448 g/mol.